The summed E-state index contributed by atoms with van der Waals surface area (Å²) < 4.78 is 38.5. The van der Waals surface area contributed by atoms with Gasteiger partial charge in [-0.05, 0) is 57.0 Å². The van der Waals surface area contributed by atoms with E-state index in [9.17, 15) is 18.0 Å². The van der Waals surface area contributed by atoms with E-state index in [0.717, 1.165) is 16.5 Å². The topological polar surface area (TPSA) is 103 Å². The lowest BCUT2D eigenvalue weighted by molar-refractivity contribution is -0.136. The van der Waals surface area contributed by atoms with E-state index in [-0.39, 0.29) is 17.1 Å². The van der Waals surface area contributed by atoms with E-state index in [2.05, 4.69) is 4.72 Å². The van der Waals surface area contributed by atoms with E-state index in [0.29, 0.717) is 17.6 Å². The predicted octanol–water partition coefficient (Wildman–Crippen LogP) is 3.77. The Morgan fingerprint density at radius 3 is 2.39 bits per heavy atom. The molecule has 2 aromatic carbocycles. The van der Waals surface area contributed by atoms with Crippen LogP contribution in [0.1, 0.15) is 36.5 Å². The van der Waals surface area contributed by atoms with Crippen molar-refractivity contribution in [3.8, 4) is 5.75 Å². The highest BCUT2D eigenvalue weighted by molar-refractivity contribution is 7.89. The normalized spacial score (nSPS) is 12.6. The number of carbonyl (C=O) groups is 1. The van der Waals surface area contributed by atoms with Crippen molar-refractivity contribution in [2.45, 2.75) is 51.5 Å². The van der Waals surface area contributed by atoms with E-state index in [4.69, 9.17) is 9.15 Å². The molecule has 164 valence electrons. The lowest BCUT2D eigenvalue weighted by Crippen LogP contribution is -2.42. The molecule has 0 bridgehead atoms. The smallest absolute Gasteiger partial charge is 0.339 e. The number of ether oxygens (including phenoxy) is 1. The Balaban J connectivity index is 1.84. The molecule has 0 radical (unpaired) electrons. The summed E-state index contributed by atoms with van der Waals surface area (Å²) in [7, 11) is -3.90. The Labute approximate surface area is 181 Å². The van der Waals surface area contributed by atoms with E-state index in [1.165, 1.54) is 18.2 Å². The van der Waals surface area contributed by atoms with Crippen molar-refractivity contribution in [1.29, 1.82) is 0 Å². The number of esters is 1. The summed E-state index contributed by atoms with van der Waals surface area (Å²) in [4.78, 5) is 24.8. The van der Waals surface area contributed by atoms with Crippen molar-refractivity contribution in [1.82, 2.24) is 4.72 Å². The molecule has 0 fully saturated rings. The SMILES string of the molecule is CCC[C@H](NS(=O)(=O)c1ccc(C)cc1)C(=O)Oc1ccc2c(C)c(C)c(=O)oc2c1. The molecule has 3 aromatic rings. The maximum Gasteiger partial charge on any atom is 0.339 e. The van der Waals surface area contributed by atoms with Crippen LogP contribution in [0.25, 0.3) is 11.0 Å². The van der Waals surface area contributed by atoms with Gasteiger partial charge in [-0.2, -0.15) is 4.72 Å². The zero-order valence-electron chi connectivity index (χ0n) is 17.9. The first-order valence-electron chi connectivity index (χ1n) is 9.97. The summed E-state index contributed by atoms with van der Waals surface area (Å²) in [5, 5.41) is 0.738. The van der Waals surface area contributed by atoms with Gasteiger partial charge in [-0.15, -0.1) is 0 Å². The van der Waals surface area contributed by atoms with Gasteiger partial charge < -0.3 is 9.15 Å². The number of hydrogen-bond donors (Lipinski definition) is 1. The molecular weight excluding hydrogens is 418 g/mol. The van der Waals surface area contributed by atoms with Crippen LogP contribution in [0.15, 0.2) is 56.6 Å². The van der Waals surface area contributed by atoms with Gasteiger partial charge in [0, 0.05) is 17.0 Å². The van der Waals surface area contributed by atoms with E-state index >= 15 is 0 Å². The van der Waals surface area contributed by atoms with Crippen LogP contribution in [-0.2, 0) is 14.8 Å². The van der Waals surface area contributed by atoms with Crippen LogP contribution in [0.5, 0.6) is 5.75 Å². The van der Waals surface area contributed by atoms with E-state index in [1.807, 2.05) is 20.8 Å². The van der Waals surface area contributed by atoms with Crippen LogP contribution in [-0.4, -0.2) is 20.4 Å². The van der Waals surface area contributed by atoms with Crippen molar-refractivity contribution < 1.29 is 22.4 Å². The first-order valence-corrected chi connectivity index (χ1v) is 11.5. The van der Waals surface area contributed by atoms with E-state index in [1.54, 1.807) is 31.2 Å². The molecule has 0 spiro atoms. The first kappa shape index (κ1) is 22.7. The van der Waals surface area contributed by atoms with Crippen molar-refractivity contribution >= 4 is 27.0 Å². The van der Waals surface area contributed by atoms with Crippen LogP contribution < -0.4 is 15.1 Å². The maximum atomic E-state index is 12.7. The highest BCUT2D eigenvalue weighted by Gasteiger charge is 2.27. The number of benzene rings is 2. The number of aryl methyl sites for hydroxylation is 2. The Kier molecular flexibility index (Phi) is 6.62. The zero-order valence-corrected chi connectivity index (χ0v) is 18.7. The predicted molar refractivity (Wildman–Crippen MR) is 118 cm³/mol. The summed E-state index contributed by atoms with van der Waals surface area (Å²) in [6.07, 6.45) is 0.839. The van der Waals surface area contributed by atoms with Crippen molar-refractivity contribution in [2.24, 2.45) is 0 Å². The average Bonchev–Trinajstić information content (AvgIpc) is 2.72. The molecule has 1 heterocycles. The van der Waals surface area contributed by atoms with Gasteiger partial charge in [0.05, 0.1) is 4.90 Å². The van der Waals surface area contributed by atoms with Gasteiger partial charge in [0.25, 0.3) is 0 Å². The van der Waals surface area contributed by atoms with Crippen LogP contribution in [0.2, 0.25) is 0 Å². The molecule has 0 unspecified atom stereocenters. The third-order valence-corrected chi connectivity index (χ3v) is 6.63. The molecule has 0 aliphatic carbocycles. The molecule has 3 rings (SSSR count). The highest BCUT2D eigenvalue weighted by Crippen LogP contribution is 2.24. The largest absolute Gasteiger partial charge is 0.425 e. The second-order valence-electron chi connectivity index (χ2n) is 7.49. The zero-order chi connectivity index (χ0) is 22.8. The van der Waals surface area contributed by atoms with Crippen LogP contribution >= 0.6 is 0 Å². The number of fused-ring (bicyclic) bond motifs is 1. The summed E-state index contributed by atoms with van der Waals surface area (Å²) in [5.41, 5.74) is 2.08. The average molecular weight is 444 g/mol. The quantitative estimate of drug-likeness (QED) is 0.339. The monoisotopic (exact) mass is 443 g/mol. The molecule has 7 nitrogen and oxygen atoms in total. The number of nitrogens with one attached hydrogen (secondary N) is 1. The van der Waals surface area contributed by atoms with Crippen LogP contribution in [0.3, 0.4) is 0 Å². The number of carbonyl (C=O) groups excluding carboxylic acids is 1. The second-order valence-corrected chi connectivity index (χ2v) is 9.21. The maximum absolute atomic E-state index is 12.7. The molecule has 0 saturated carbocycles. The van der Waals surface area contributed by atoms with Crippen molar-refractivity contribution in [3.05, 3.63) is 69.6 Å². The number of rotatable bonds is 7. The Hall–Kier alpha value is -2.97. The Bertz CT molecular complexity index is 1280. The first-order chi connectivity index (χ1) is 14.6. The van der Waals surface area contributed by atoms with Gasteiger partial charge >= 0.3 is 11.6 Å². The Morgan fingerprint density at radius 1 is 1.06 bits per heavy atom. The molecule has 31 heavy (non-hydrogen) atoms. The fourth-order valence-corrected chi connectivity index (χ4v) is 4.38. The third kappa shape index (κ3) is 5.03. The van der Waals surface area contributed by atoms with Crippen molar-refractivity contribution in [3.63, 3.8) is 0 Å². The second kappa shape index (κ2) is 9.03. The van der Waals surface area contributed by atoms with E-state index < -0.39 is 27.7 Å². The molecule has 0 aliphatic heterocycles. The van der Waals surface area contributed by atoms with Gasteiger partial charge in [0.15, 0.2) is 0 Å². The van der Waals surface area contributed by atoms with Crippen LogP contribution in [0.4, 0.5) is 0 Å². The minimum atomic E-state index is -3.90. The van der Waals surface area contributed by atoms with Crippen LogP contribution in [0, 0.1) is 20.8 Å². The summed E-state index contributed by atoms with van der Waals surface area (Å²) in [6, 6.07) is 10.0. The van der Waals surface area contributed by atoms with Gasteiger partial charge in [-0.1, -0.05) is 31.0 Å². The fraction of sp³-hybridized carbons (Fsp3) is 0.304. The molecule has 8 heteroatoms. The summed E-state index contributed by atoms with van der Waals surface area (Å²) >= 11 is 0. The van der Waals surface area contributed by atoms with Gasteiger partial charge in [-0.3, -0.25) is 0 Å². The third-order valence-electron chi connectivity index (χ3n) is 5.14. The fourth-order valence-electron chi connectivity index (χ4n) is 3.17. The molecule has 1 aromatic heterocycles. The van der Waals surface area contributed by atoms with Crippen molar-refractivity contribution in [2.75, 3.05) is 0 Å². The summed E-state index contributed by atoms with van der Waals surface area (Å²) in [6.45, 7) is 7.20. The summed E-state index contributed by atoms with van der Waals surface area (Å²) in [5.74, 6) is -0.567. The number of hydrogen-bond acceptors (Lipinski definition) is 6. The molecule has 0 amide bonds. The molecule has 0 saturated heterocycles. The minimum absolute atomic E-state index is 0.0744. The lowest BCUT2D eigenvalue weighted by atomic mass is 10.1. The lowest BCUT2D eigenvalue weighted by Gasteiger charge is -2.17. The Morgan fingerprint density at radius 2 is 1.74 bits per heavy atom. The molecule has 1 atom stereocenters. The standard InChI is InChI=1S/C23H25NO6S/c1-5-6-20(24-31(27,28)18-10-7-14(2)8-11-18)23(26)29-17-9-12-19-15(3)16(4)22(25)30-21(19)13-17/h7-13,20,24H,5-6H2,1-4H3/t20-/m0/s1. The van der Waals surface area contributed by atoms with Gasteiger partial charge in [0.1, 0.15) is 17.4 Å². The molecular formula is C23H25NO6S. The molecule has 1 N–H and O–H groups in total. The number of sulfonamides is 1. The molecule has 0 aliphatic rings. The minimum Gasteiger partial charge on any atom is -0.425 e. The highest BCUT2D eigenvalue weighted by atomic mass is 32.2. The van der Waals surface area contributed by atoms with Gasteiger partial charge in [0.2, 0.25) is 10.0 Å². The van der Waals surface area contributed by atoms with Gasteiger partial charge in [-0.25, -0.2) is 18.0 Å².